The standard InChI is InChI=1S/C15H25N5O/c1-10-6-7-11(2)20(10)12(3)14(21)18-13-8-16-15(17-9-13)19(4)5/h8-12H,6-7H2,1-5H3,(H,18,21)/t10-,11-,12+/m1/s1. The molecule has 3 atom stereocenters. The van der Waals surface area contributed by atoms with E-state index in [1.54, 1.807) is 12.4 Å². The van der Waals surface area contributed by atoms with Gasteiger partial charge in [0.25, 0.3) is 0 Å². The summed E-state index contributed by atoms with van der Waals surface area (Å²) < 4.78 is 0. The summed E-state index contributed by atoms with van der Waals surface area (Å²) in [7, 11) is 3.76. The number of aromatic nitrogens is 2. The predicted octanol–water partition coefficient (Wildman–Crippen LogP) is 1.74. The molecule has 1 saturated heterocycles. The van der Waals surface area contributed by atoms with E-state index >= 15 is 0 Å². The van der Waals surface area contributed by atoms with Crippen LogP contribution in [0.2, 0.25) is 0 Å². The summed E-state index contributed by atoms with van der Waals surface area (Å²) in [5.74, 6) is 0.625. The van der Waals surface area contributed by atoms with E-state index in [1.807, 2.05) is 25.9 Å². The van der Waals surface area contributed by atoms with E-state index in [-0.39, 0.29) is 11.9 Å². The van der Waals surface area contributed by atoms with Crippen LogP contribution in [-0.4, -0.2) is 53.0 Å². The van der Waals surface area contributed by atoms with Crippen molar-refractivity contribution in [3.63, 3.8) is 0 Å². The van der Waals surface area contributed by atoms with Gasteiger partial charge < -0.3 is 10.2 Å². The number of nitrogens with one attached hydrogen (secondary N) is 1. The Bertz CT molecular complexity index is 477. The fourth-order valence-corrected chi connectivity index (χ4v) is 2.98. The van der Waals surface area contributed by atoms with Crippen LogP contribution in [-0.2, 0) is 4.79 Å². The van der Waals surface area contributed by atoms with Crippen LogP contribution in [0.5, 0.6) is 0 Å². The second kappa shape index (κ2) is 6.39. The van der Waals surface area contributed by atoms with Gasteiger partial charge in [0, 0.05) is 26.2 Å². The van der Waals surface area contributed by atoms with Gasteiger partial charge in [0.05, 0.1) is 24.1 Å². The molecule has 6 heteroatoms. The molecule has 116 valence electrons. The molecule has 1 aromatic rings. The minimum Gasteiger partial charge on any atom is -0.347 e. The van der Waals surface area contributed by atoms with Gasteiger partial charge in [0.1, 0.15) is 0 Å². The highest BCUT2D eigenvalue weighted by Gasteiger charge is 2.34. The number of likely N-dealkylation sites (tertiary alicyclic amines) is 1. The average Bonchev–Trinajstić information content (AvgIpc) is 2.78. The fourth-order valence-electron chi connectivity index (χ4n) is 2.98. The number of carbonyl (C=O) groups is 1. The van der Waals surface area contributed by atoms with E-state index in [0.29, 0.717) is 23.7 Å². The summed E-state index contributed by atoms with van der Waals surface area (Å²) in [5.41, 5.74) is 0.636. The van der Waals surface area contributed by atoms with Crippen LogP contribution in [0.3, 0.4) is 0 Å². The quantitative estimate of drug-likeness (QED) is 0.915. The first-order chi connectivity index (χ1) is 9.90. The number of hydrogen-bond acceptors (Lipinski definition) is 5. The monoisotopic (exact) mass is 291 g/mol. The Labute approximate surface area is 126 Å². The van der Waals surface area contributed by atoms with Crippen molar-refractivity contribution in [2.45, 2.75) is 51.7 Å². The van der Waals surface area contributed by atoms with Crippen molar-refractivity contribution >= 4 is 17.5 Å². The van der Waals surface area contributed by atoms with E-state index in [0.717, 1.165) is 12.8 Å². The summed E-state index contributed by atoms with van der Waals surface area (Å²) >= 11 is 0. The maximum absolute atomic E-state index is 12.4. The Morgan fingerprint density at radius 3 is 2.29 bits per heavy atom. The van der Waals surface area contributed by atoms with Crippen molar-refractivity contribution in [2.24, 2.45) is 0 Å². The van der Waals surface area contributed by atoms with E-state index in [2.05, 4.69) is 34.0 Å². The average molecular weight is 291 g/mol. The van der Waals surface area contributed by atoms with Gasteiger partial charge in [-0.3, -0.25) is 9.69 Å². The Hall–Kier alpha value is -1.69. The molecule has 21 heavy (non-hydrogen) atoms. The van der Waals surface area contributed by atoms with E-state index in [4.69, 9.17) is 0 Å². The van der Waals surface area contributed by atoms with Crippen molar-refractivity contribution in [2.75, 3.05) is 24.3 Å². The predicted molar refractivity (Wildman–Crippen MR) is 84.4 cm³/mol. The van der Waals surface area contributed by atoms with Crippen LogP contribution in [0.4, 0.5) is 11.6 Å². The first kappa shape index (κ1) is 15.7. The molecule has 2 heterocycles. The summed E-state index contributed by atoms with van der Waals surface area (Å²) in [4.78, 5) is 24.9. The smallest absolute Gasteiger partial charge is 0.241 e. The highest BCUT2D eigenvalue weighted by atomic mass is 16.2. The van der Waals surface area contributed by atoms with Crippen molar-refractivity contribution < 1.29 is 4.79 Å². The maximum Gasteiger partial charge on any atom is 0.241 e. The van der Waals surface area contributed by atoms with Gasteiger partial charge in [-0.2, -0.15) is 0 Å². The molecule has 0 bridgehead atoms. The zero-order chi connectivity index (χ0) is 15.6. The number of nitrogens with zero attached hydrogens (tertiary/aromatic N) is 4. The first-order valence-corrected chi connectivity index (χ1v) is 7.47. The summed E-state index contributed by atoms with van der Waals surface area (Å²) in [6.07, 6.45) is 5.59. The zero-order valence-electron chi connectivity index (χ0n) is 13.5. The molecular weight excluding hydrogens is 266 g/mol. The first-order valence-electron chi connectivity index (χ1n) is 7.47. The molecule has 1 aliphatic heterocycles. The SMILES string of the molecule is C[C@@H]1CC[C@@H](C)N1[C@@H](C)C(=O)Nc1cnc(N(C)C)nc1. The van der Waals surface area contributed by atoms with Gasteiger partial charge in [0.2, 0.25) is 11.9 Å². The van der Waals surface area contributed by atoms with Crippen LogP contribution < -0.4 is 10.2 Å². The van der Waals surface area contributed by atoms with Crippen molar-refractivity contribution in [3.05, 3.63) is 12.4 Å². The minimum absolute atomic E-state index is 0.00296. The molecule has 0 radical (unpaired) electrons. The molecule has 1 fully saturated rings. The lowest BCUT2D eigenvalue weighted by Gasteiger charge is -2.31. The number of carbonyl (C=O) groups excluding carboxylic acids is 1. The van der Waals surface area contributed by atoms with Crippen molar-refractivity contribution in [1.29, 1.82) is 0 Å². The Balaban J connectivity index is 2.00. The number of hydrogen-bond donors (Lipinski definition) is 1. The third kappa shape index (κ3) is 3.50. The molecule has 6 nitrogen and oxygen atoms in total. The third-order valence-corrected chi connectivity index (χ3v) is 4.15. The van der Waals surface area contributed by atoms with Crippen LogP contribution in [0.1, 0.15) is 33.6 Å². The molecule has 0 saturated carbocycles. The van der Waals surface area contributed by atoms with Crippen molar-refractivity contribution in [1.82, 2.24) is 14.9 Å². The number of rotatable bonds is 4. The lowest BCUT2D eigenvalue weighted by atomic mass is 10.2. The number of amides is 1. The zero-order valence-corrected chi connectivity index (χ0v) is 13.5. The molecule has 1 amide bonds. The molecule has 0 unspecified atom stereocenters. The van der Waals surface area contributed by atoms with Gasteiger partial charge in [-0.25, -0.2) is 9.97 Å². The summed E-state index contributed by atoms with van der Waals surface area (Å²) in [6, 6.07) is 0.757. The van der Waals surface area contributed by atoms with E-state index < -0.39 is 0 Å². The van der Waals surface area contributed by atoms with Gasteiger partial charge in [-0.05, 0) is 33.6 Å². The minimum atomic E-state index is -0.147. The van der Waals surface area contributed by atoms with E-state index in [1.165, 1.54) is 0 Å². The Morgan fingerprint density at radius 2 is 1.81 bits per heavy atom. The van der Waals surface area contributed by atoms with Gasteiger partial charge in [0.15, 0.2) is 0 Å². The molecule has 1 aliphatic rings. The molecule has 0 aromatic carbocycles. The molecule has 0 aliphatic carbocycles. The normalized spacial score (nSPS) is 23.9. The van der Waals surface area contributed by atoms with Crippen LogP contribution in [0.15, 0.2) is 12.4 Å². The Kier molecular flexibility index (Phi) is 4.77. The molecule has 1 aromatic heterocycles. The van der Waals surface area contributed by atoms with E-state index in [9.17, 15) is 4.79 Å². The van der Waals surface area contributed by atoms with Crippen LogP contribution >= 0.6 is 0 Å². The third-order valence-electron chi connectivity index (χ3n) is 4.15. The Morgan fingerprint density at radius 1 is 1.29 bits per heavy atom. The largest absolute Gasteiger partial charge is 0.347 e. The second-order valence-corrected chi connectivity index (χ2v) is 6.05. The molecular formula is C15H25N5O. The summed E-state index contributed by atoms with van der Waals surface area (Å²) in [6.45, 7) is 6.33. The highest BCUT2D eigenvalue weighted by molar-refractivity contribution is 5.94. The lowest BCUT2D eigenvalue weighted by molar-refractivity contribution is -0.121. The molecule has 0 spiro atoms. The van der Waals surface area contributed by atoms with Gasteiger partial charge in [-0.15, -0.1) is 0 Å². The highest BCUT2D eigenvalue weighted by Crippen LogP contribution is 2.26. The molecule has 2 rings (SSSR count). The number of anilines is 2. The molecule has 1 N–H and O–H groups in total. The van der Waals surface area contributed by atoms with Crippen LogP contribution in [0, 0.1) is 0 Å². The fraction of sp³-hybridized carbons (Fsp3) is 0.667. The summed E-state index contributed by atoms with van der Waals surface area (Å²) in [5, 5.41) is 2.90. The van der Waals surface area contributed by atoms with Crippen LogP contribution in [0.25, 0.3) is 0 Å². The topological polar surface area (TPSA) is 61.4 Å². The van der Waals surface area contributed by atoms with Crippen molar-refractivity contribution in [3.8, 4) is 0 Å². The lowest BCUT2D eigenvalue weighted by Crippen LogP contribution is -2.46. The second-order valence-electron chi connectivity index (χ2n) is 6.05. The maximum atomic E-state index is 12.4. The van der Waals surface area contributed by atoms with Gasteiger partial charge >= 0.3 is 0 Å². The van der Waals surface area contributed by atoms with Gasteiger partial charge in [-0.1, -0.05) is 0 Å².